The van der Waals surface area contributed by atoms with Crippen LogP contribution in [0, 0.1) is 0 Å². The van der Waals surface area contributed by atoms with Crippen LogP contribution in [0.3, 0.4) is 0 Å². The average molecular weight is 264 g/mol. The molecular formula is C15H20O4. The first-order valence-corrected chi connectivity index (χ1v) is 6.84. The van der Waals surface area contributed by atoms with Crippen LogP contribution in [0.1, 0.15) is 37.8 Å². The summed E-state index contributed by atoms with van der Waals surface area (Å²) in [6, 6.07) is 3.57. The Labute approximate surface area is 113 Å². The molecule has 1 aliphatic heterocycles. The molecule has 0 saturated heterocycles. The molecule has 2 rings (SSSR count). The van der Waals surface area contributed by atoms with Gasteiger partial charge in [0.25, 0.3) is 0 Å². The molecule has 0 saturated carbocycles. The Morgan fingerprint density at radius 1 is 1.47 bits per heavy atom. The van der Waals surface area contributed by atoms with E-state index in [0.717, 1.165) is 30.4 Å². The number of hydrogen-bond acceptors (Lipinski definition) is 4. The van der Waals surface area contributed by atoms with Crippen LogP contribution >= 0.6 is 0 Å². The molecule has 0 amide bonds. The SMILES string of the molecule is CCCc1c(O)ccc2c1OC(C(=O)OCC)CC2. The number of fused-ring (bicyclic) bond motifs is 1. The Morgan fingerprint density at radius 3 is 2.95 bits per heavy atom. The minimum absolute atomic E-state index is 0.241. The molecular weight excluding hydrogens is 244 g/mol. The van der Waals surface area contributed by atoms with Gasteiger partial charge in [0.15, 0.2) is 6.10 Å². The molecule has 1 heterocycles. The standard InChI is InChI=1S/C15H20O4/c1-3-5-11-12(16)8-6-10-7-9-13(19-14(10)11)15(17)18-4-2/h6,8,13,16H,3-5,7,9H2,1-2H3. The number of esters is 1. The van der Waals surface area contributed by atoms with E-state index in [1.807, 2.05) is 13.0 Å². The van der Waals surface area contributed by atoms with E-state index in [9.17, 15) is 9.90 Å². The topological polar surface area (TPSA) is 55.8 Å². The molecule has 1 aliphatic rings. The van der Waals surface area contributed by atoms with Gasteiger partial charge in [0, 0.05) is 5.56 Å². The number of carbonyl (C=O) groups is 1. The zero-order chi connectivity index (χ0) is 13.8. The maximum atomic E-state index is 11.8. The Morgan fingerprint density at radius 2 is 2.26 bits per heavy atom. The van der Waals surface area contributed by atoms with E-state index in [0.29, 0.717) is 18.8 Å². The van der Waals surface area contributed by atoms with Gasteiger partial charge in [0.05, 0.1) is 6.61 Å². The van der Waals surface area contributed by atoms with Gasteiger partial charge in [-0.25, -0.2) is 4.79 Å². The average Bonchev–Trinajstić information content (AvgIpc) is 2.42. The van der Waals surface area contributed by atoms with Crippen molar-refractivity contribution in [1.29, 1.82) is 0 Å². The number of phenolic OH excluding ortho intramolecular Hbond substituents is 1. The molecule has 0 spiro atoms. The fraction of sp³-hybridized carbons (Fsp3) is 0.533. The molecule has 1 N–H and O–H groups in total. The quantitative estimate of drug-likeness (QED) is 0.849. The fourth-order valence-corrected chi connectivity index (χ4v) is 2.39. The highest BCUT2D eigenvalue weighted by atomic mass is 16.6. The summed E-state index contributed by atoms with van der Waals surface area (Å²) in [6.07, 6.45) is 2.50. The van der Waals surface area contributed by atoms with Crippen LogP contribution in [0.15, 0.2) is 12.1 Å². The lowest BCUT2D eigenvalue weighted by Gasteiger charge is -2.27. The van der Waals surface area contributed by atoms with Gasteiger partial charge >= 0.3 is 5.97 Å². The van der Waals surface area contributed by atoms with Crippen LogP contribution in [-0.4, -0.2) is 23.8 Å². The third-order valence-corrected chi connectivity index (χ3v) is 3.30. The fourth-order valence-electron chi connectivity index (χ4n) is 2.39. The van der Waals surface area contributed by atoms with Crippen molar-refractivity contribution in [2.24, 2.45) is 0 Å². The molecule has 4 nitrogen and oxygen atoms in total. The third kappa shape index (κ3) is 2.83. The van der Waals surface area contributed by atoms with Crippen molar-refractivity contribution in [3.05, 3.63) is 23.3 Å². The lowest BCUT2D eigenvalue weighted by molar-refractivity contribution is -0.152. The second-order valence-electron chi connectivity index (χ2n) is 4.70. The summed E-state index contributed by atoms with van der Waals surface area (Å²) in [7, 11) is 0. The van der Waals surface area contributed by atoms with Crippen LogP contribution in [0.25, 0.3) is 0 Å². The van der Waals surface area contributed by atoms with Crippen molar-refractivity contribution in [2.45, 2.75) is 45.6 Å². The number of rotatable bonds is 4. The van der Waals surface area contributed by atoms with Crippen LogP contribution in [0.2, 0.25) is 0 Å². The zero-order valence-electron chi connectivity index (χ0n) is 11.4. The largest absolute Gasteiger partial charge is 0.508 e. The highest BCUT2D eigenvalue weighted by Crippen LogP contribution is 2.37. The van der Waals surface area contributed by atoms with Gasteiger partial charge in [-0.3, -0.25) is 0 Å². The van der Waals surface area contributed by atoms with Crippen LogP contribution in [-0.2, 0) is 22.4 Å². The summed E-state index contributed by atoms with van der Waals surface area (Å²) in [4.78, 5) is 11.8. The highest BCUT2D eigenvalue weighted by molar-refractivity contribution is 5.76. The van der Waals surface area contributed by atoms with E-state index >= 15 is 0 Å². The lowest BCUT2D eigenvalue weighted by Crippen LogP contribution is -2.33. The Kier molecular flexibility index (Phi) is 4.30. The van der Waals surface area contributed by atoms with Gasteiger partial charge in [-0.1, -0.05) is 19.4 Å². The Hall–Kier alpha value is -1.71. The molecule has 0 bridgehead atoms. The summed E-state index contributed by atoms with van der Waals surface area (Å²) in [6.45, 7) is 4.18. The lowest BCUT2D eigenvalue weighted by atomic mass is 9.96. The van der Waals surface area contributed by atoms with Crippen LogP contribution in [0.5, 0.6) is 11.5 Å². The number of ether oxygens (including phenoxy) is 2. The molecule has 19 heavy (non-hydrogen) atoms. The van der Waals surface area contributed by atoms with Gasteiger partial charge in [-0.15, -0.1) is 0 Å². The molecule has 4 heteroatoms. The Balaban J connectivity index is 2.27. The first-order valence-electron chi connectivity index (χ1n) is 6.84. The molecule has 0 radical (unpaired) electrons. The van der Waals surface area contributed by atoms with Gasteiger partial charge in [-0.05, 0) is 37.8 Å². The van der Waals surface area contributed by atoms with E-state index in [1.54, 1.807) is 13.0 Å². The summed E-state index contributed by atoms with van der Waals surface area (Å²) in [5.41, 5.74) is 1.86. The number of hydrogen-bond donors (Lipinski definition) is 1. The highest BCUT2D eigenvalue weighted by Gasteiger charge is 2.29. The predicted molar refractivity (Wildman–Crippen MR) is 71.5 cm³/mol. The van der Waals surface area contributed by atoms with Crippen LogP contribution < -0.4 is 4.74 Å². The van der Waals surface area contributed by atoms with Gasteiger partial charge < -0.3 is 14.6 Å². The monoisotopic (exact) mass is 264 g/mol. The number of aryl methyl sites for hydroxylation is 1. The molecule has 1 aromatic carbocycles. The number of benzene rings is 1. The van der Waals surface area contributed by atoms with Crippen molar-refractivity contribution >= 4 is 5.97 Å². The normalized spacial score (nSPS) is 17.5. The first kappa shape index (κ1) is 13.7. The smallest absolute Gasteiger partial charge is 0.347 e. The zero-order valence-corrected chi connectivity index (χ0v) is 11.4. The summed E-state index contributed by atoms with van der Waals surface area (Å²) in [5, 5.41) is 9.93. The van der Waals surface area contributed by atoms with E-state index in [2.05, 4.69) is 0 Å². The molecule has 0 fully saturated rings. The van der Waals surface area contributed by atoms with Crippen molar-refractivity contribution in [2.75, 3.05) is 6.61 Å². The maximum Gasteiger partial charge on any atom is 0.347 e. The van der Waals surface area contributed by atoms with Crippen molar-refractivity contribution in [3.63, 3.8) is 0 Å². The molecule has 104 valence electrons. The minimum atomic E-state index is -0.551. The second-order valence-corrected chi connectivity index (χ2v) is 4.70. The number of carbonyl (C=O) groups excluding carboxylic acids is 1. The number of phenols is 1. The van der Waals surface area contributed by atoms with E-state index in [4.69, 9.17) is 9.47 Å². The van der Waals surface area contributed by atoms with Gasteiger partial charge in [0.2, 0.25) is 0 Å². The molecule has 1 atom stereocenters. The summed E-state index contributed by atoms with van der Waals surface area (Å²) >= 11 is 0. The van der Waals surface area contributed by atoms with E-state index in [-0.39, 0.29) is 11.7 Å². The molecule has 0 aliphatic carbocycles. The number of aromatic hydroxyl groups is 1. The minimum Gasteiger partial charge on any atom is -0.508 e. The van der Waals surface area contributed by atoms with E-state index < -0.39 is 6.10 Å². The van der Waals surface area contributed by atoms with Gasteiger partial charge in [-0.2, -0.15) is 0 Å². The van der Waals surface area contributed by atoms with Crippen molar-refractivity contribution < 1.29 is 19.4 Å². The first-order chi connectivity index (χ1) is 9.17. The molecule has 0 aromatic heterocycles. The van der Waals surface area contributed by atoms with E-state index in [1.165, 1.54) is 0 Å². The Bertz CT molecular complexity index is 467. The molecule has 1 aromatic rings. The molecule has 1 unspecified atom stereocenters. The second kappa shape index (κ2) is 5.95. The van der Waals surface area contributed by atoms with Crippen molar-refractivity contribution in [1.82, 2.24) is 0 Å². The maximum absolute atomic E-state index is 11.8. The van der Waals surface area contributed by atoms with Gasteiger partial charge in [0.1, 0.15) is 11.5 Å². The van der Waals surface area contributed by atoms with Crippen molar-refractivity contribution in [3.8, 4) is 11.5 Å². The third-order valence-electron chi connectivity index (χ3n) is 3.30. The summed E-state index contributed by atoms with van der Waals surface area (Å²) < 4.78 is 10.8. The van der Waals surface area contributed by atoms with Crippen LogP contribution in [0.4, 0.5) is 0 Å². The predicted octanol–water partition coefficient (Wildman–Crippen LogP) is 2.60. The summed E-state index contributed by atoms with van der Waals surface area (Å²) in [5.74, 6) is 0.593.